The highest BCUT2D eigenvalue weighted by atomic mass is 35.5. The number of ether oxygens (including phenoxy) is 1. The molecule has 0 aliphatic heterocycles. The van der Waals surface area contributed by atoms with E-state index in [0.29, 0.717) is 45.4 Å². The Labute approximate surface area is 161 Å². The van der Waals surface area contributed by atoms with E-state index in [1.54, 1.807) is 12.3 Å². The average Bonchev–Trinajstić information content (AvgIpc) is 3.04. The van der Waals surface area contributed by atoms with E-state index in [4.69, 9.17) is 21.2 Å². The Balaban J connectivity index is 2.17. The number of anilines is 1. The molecule has 8 nitrogen and oxygen atoms in total. The first-order chi connectivity index (χ1) is 13.0. The van der Waals surface area contributed by atoms with E-state index in [9.17, 15) is 4.79 Å². The first-order valence-electron chi connectivity index (χ1n) is 8.28. The SMILES string of the molecule is CCOc1nc(N(C)C)ccc1-c1nc2c(C(=O)NOC)c[nH]c2cc1Cl. The van der Waals surface area contributed by atoms with Crippen LogP contribution in [0.4, 0.5) is 5.82 Å². The van der Waals surface area contributed by atoms with E-state index in [-0.39, 0.29) is 0 Å². The lowest BCUT2D eigenvalue weighted by Gasteiger charge is -2.16. The molecular weight excluding hydrogens is 370 g/mol. The lowest BCUT2D eigenvalue weighted by atomic mass is 10.1. The fraction of sp³-hybridized carbons (Fsp3) is 0.278. The van der Waals surface area contributed by atoms with Crippen molar-refractivity contribution in [1.29, 1.82) is 0 Å². The number of pyridine rings is 2. The molecule has 0 spiro atoms. The molecule has 3 aromatic rings. The van der Waals surface area contributed by atoms with Gasteiger partial charge in [0.2, 0.25) is 5.88 Å². The number of carbonyl (C=O) groups excluding carboxylic acids is 1. The molecule has 3 aromatic heterocycles. The minimum absolute atomic E-state index is 0.348. The number of fused-ring (bicyclic) bond motifs is 1. The monoisotopic (exact) mass is 389 g/mol. The zero-order valence-electron chi connectivity index (χ0n) is 15.5. The van der Waals surface area contributed by atoms with Gasteiger partial charge >= 0.3 is 0 Å². The minimum Gasteiger partial charge on any atom is -0.477 e. The van der Waals surface area contributed by atoms with Gasteiger partial charge in [-0.1, -0.05) is 11.6 Å². The summed E-state index contributed by atoms with van der Waals surface area (Å²) in [4.78, 5) is 30.9. The highest BCUT2D eigenvalue weighted by Crippen LogP contribution is 2.36. The molecule has 0 fully saturated rings. The molecule has 9 heteroatoms. The van der Waals surface area contributed by atoms with E-state index in [0.717, 1.165) is 5.82 Å². The van der Waals surface area contributed by atoms with Crippen LogP contribution in [0.25, 0.3) is 22.3 Å². The molecule has 0 saturated carbocycles. The summed E-state index contributed by atoms with van der Waals surface area (Å²) in [5, 5.41) is 0.420. The molecule has 0 aromatic carbocycles. The van der Waals surface area contributed by atoms with Crippen molar-refractivity contribution >= 4 is 34.4 Å². The third-order valence-corrected chi connectivity index (χ3v) is 4.17. The third kappa shape index (κ3) is 3.67. The number of rotatable bonds is 6. The number of hydroxylamine groups is 1. The Bertz CT molecular complexity index is 987. The molecule has 0 saturated heterocycles. The summed E-state index contributed by atoms with van der Waals surface area (Å²) in [6.45, 7) is 2.33. The standard InChI is InChI=1S/C18H20ClN5O3/c1-5-27-18-10(6-7-14(21-18)24(2)3)15-12(19)8-13-16(22-15)11(9-20-13)17(25)23-26-4/h6-9,20H,5H2,1-4H3,(H,23,25). The lowest BCUT2D eigenvalue weighted by Crippen LogP contribution is -2.21. The maximum Gasteiger partial charge on any atom is 0.278 e. The fourth-order valence-electron chi connectivity index (χ4n) is 2.64. The van der Waals surface area contributed by atoms with E-state index in [1.165, 1.54) is 7.11 Å². The Kier molecular flexibility index (Phi) is 5.48. The van der Waals surface area contributed by atoms with Crippen molar-refractivity contribution in [2.75, 3.05) is 32.7 Å². The molecule has 27 heavy (non-hydrogen) atoms. The average molecular weight is 390 g/mol. The molecule has 3 rings (SSSR count). The molecule has 0 aliphatic carbocycles. The number of nitrogens with one attached hydrogen (secondary N) is 2. The van der Waals surface area contributed by atoms with Gasteiger partial charge < -0.3 is 14.6 Å². The lowest BCUT2D eigenvalue weighted by molar-refractivity contribution is 0.0539. The van der Waals surface area contributed by atoms with Crippen LogP contribution in [0.3, 0.4) is 0 Å². The Hall–Kier alpha value is -2.84. The number of H-pyrrole nitrogens is 1. The zero-order chi connectivity index (χ0) is 19.6. The highest BCUT2D eigenvalue weighted by molar-refractivity contribution is 6.34. The van der Waals surface area contributed by atoms with Crippen molar-refractivity contribution in [3.05, 3.63) is 35.0 Å². The Morgan fingerprint density at radius 1 is 1.33 bits per heavy atom. The van der Waals surface area contributed by atoms with Crippen LogP contribution in [0, 0.1) is 0 Å². The van der Waals surface area contributed by atoms with Gasteiger partial charge in [-0.25, -0.2) is 10.5 Å². The Morgan fingerprint density at radius 3 is 2.78 bits per heavy atom. The summed E-state index contributed by atoms with van der Waals surface area (Å²) >= 11 is 6.46. The predicted octanol–water partition coefficient (Wildman–Crippen LogP) is 3.03. The number of hydrogen-bond donors (Lipinski definition) is 2. The summed E-state index contributed by atoms with van der Waals surface area (Å²) in [6, 6.07) is 5.43. The van der Waals surface area contributed by atoms with Crippen LogP contribution in [0.2, 0.25) is 5.02 Å². The zero-order valence-corrected chi connectivity index (χ0v) is 16.2. The van der Waals surface area contributed by atoms with E-state index < -0.39 is 5.91 Å². The van der Waals surface area contributed by atoms with Crippen molar-refractivity contribution in [3.8, 4) is 17.1 Å². The van der Waals surface area contributed by atoms with Gasteiger partial charge in [0, 0.05) is 20.3 Å². The first-order valence-corrected chi connectivity index (χ1v) is 8.66. The molecule has 0 bridgehead atoms. The second kappa shape index (κ2) is 7.81. The quantitative estimate of drug-likeness (QED) is 0.629. The highest BCUT2D eigenvalue weighted by Gasteiger charge is 2.19. The molecular formula is C18H20ClN5O3. The van der Waals surface area contributed by atoms with E-state index >= 15 is 0 Å². The van der Waals surface area contributed by atoms with Crippen molar-refractivity contribution in [1.82, 2.24) is 20.4 Å². The van der Waals surface area contributed by atoms with Crippen LogP contribution < -0.4 is 15.1 Å². The largest absolute Gasteiger partial charge is 0.477 e. The van der Waals surface area contributed by atoms with Gasteiger partial charge in [-0.15, -0.1) is 0 Å². The maximum absolute atomic E-state index is 12.2. The van der Waals surface area contributed by atoms with E-state index in [1.807, 2.05) is 38.1 Å². The third-order valence-electron chi connectivity index (χ3n) is 3.88. The van der Waals surface area contributed by atoms with Gasteiger partial charge in [0.05, 0.1) is 41.1 Å². The van der Waals surface area contributed by atoms with Crippen LogP contribution in [-0.4, -0.2) is 48.7 Å². The van der Waals surface area contributed by atoms with Crippen LogP contribution in [-0.2, 0) is 4.84 Å². The van der Waals surface area contributed by atoms with Crippen LogP contribution in [0.15, 0.2) is 24.4 Å². The van der Waals surface area contributed by atoms with E-state index in [2.05, 4.69) is 20.4 Å². The molecule has 3 heterocycles. The predicted molar refractivity (Wildman–Crippen MR) is 104 cm³/mol. The van der Waals surface area contributed by atoms with Gasteiger partial charge in [-0.05, 0) is 25.1 Å². The number of carbonyl (C=O) groups is 1. The van der Waals surface area contributed by atoms with Gasteiger partial charge in [-0.3, -0.25) is 9.63 Å². The van der Waals surface area contributed by atoms with Gasteiger partial charge in [0.25, 0.3) is 5.91 Å². The first kappa shape index (κ1) is 18.9. The van der Waals surface area contributed by atoms with Crippen molar-refractivity contribution in [3.63, 3.8) is 0 Å². The molecule has 0 unspecified atom stereocenters. The fourth-order valence-corrected chi connectivity index (χ4v) is 2.89. The molecule has 142 valence electrons. The van der Waals surface area contributed by atoms with Crippen LogP contribution in [0.1, 0.15) is 17.3 Å². The summed E-state index contributed by atoms with van der Waals surface area (Å²) < 4.78 is 5.70. The number of hydrogen-bond acceptors (Lipinski definition) is 6. The van der Waals surface area contributed by atoms with Gasteiger partial charge in [-0.2, -0.15) is 4.98 Å². The summed E-state index contributed by atoms with van der Waals surface area (Å²) in [6.07, 6.45) is 1.56. The normalized spacial score (nSPS) is 10.9. The van der Waals surface area contributed by atoms with Gasteiger partial charge in [0.15, 0.2) is 0 Å². The number of aromatic amines is 1. The number of amides is 1. The number of aromatic nitrogens is 3. The number of halogens is 1. The van der Waals surface area contributed by atoms with Gasteiger partial charge in [0.1, 0.15) is 11.3 Å². The smallest absolute Gasteiger partial charge is 0.278 e. The van der Waals surface area contributed by atoms with Crippen LogP contribution in [0.5, 0.6) is 5.88 Å². The second-order valence-electron chi connectivity index (χ2n) is 5.90. The molecule has 0 atom stereocenters. The second-order valence-corrected chi connectivity index (χ2v) is 6.31. The summed E-state index contributed by atoms with van der Waals surface area (Å²) in [5.74, 6) is 0.771. The maximum atomic E-state index is 12.2. The van der Waals surface area contributed by atoms with Crippen molar-refractivity contribution in [2.24, 2.45) is 0 Å². The van der Waals surface area contributed by atoms with Crippen molar-refractivity contribution < 1.29 is 14.4 Å². The topological polar surface area (TPSA) is 92.4 Å². The summed E-state index contributed by atoms with van der Waals surface area (Å²) in [7, 11) is 5.17. The molecule has 1 amide bonds. The molecule has 0 radical (unpaired) electrons. The molecule has 2 N–H and O–H groups in total. The summed E-state index contributed by atoms with van der Waals surface area (Å²) in [5.41, 5.74) is 4.88. The number of nitrogens with zero attached hydrogens (tertiary/aromatic N) is 3. The van der Waals surface area contributed by atoms with Crippen LogP contribution >= 0.6 is 11.6 Å². The van der Waals surface area contributed by atoms with Crippen molar-refractivity contribution in [2.45, 2.75) is 6.92 Å². The Morgan fingerprint density at radius 2 is 2.11 bits per heavy atom. The minimum atomic E-state index is -0.407. The molecule has 0 aliphatic rings.